The van der Waals surface area contributed by atoms with Gasteiger partial charge < -0.3 is 10.6 Å². The van der Waals surface area contributed by atoms with Gasteiger partial charge in [-0.15, -0.1) is 12.4 Å². The van der Waals surface area contributed by atoms with Crippen LogP contribution in [0.1, 0.15) is 65.7 Å². The fourth-order valence-corrected chi connectivity index (χ4v) is 3.92. The van der Waals surface area contributed by atoms with E-state index >= 15 is 0 Å². The third-order valence-electron chi connectivity index (χ3n) is 4.92. The van der Waals surface area contributed by atoms with Gasteiger partial charge in [0.1, 0.15) is 0 Å². The lowest BCUT2D eigenvalue weighted by atomic mass is 9.77. The van der Waals surface area contributed by atoms with Crippen molar-refractivity contribution in [2.45, 2.75) is 77.8 Å². The molecule has 118 valence electrons. The van der Waals surface area contributed by atoms with Gasteiger partial charge in [-0.25, -0.2) is 0 Å². The quantitative estimate of drug-likeness (QED) is 0.837. The average Bonchev–Trinajstić information content (AvgIpc) is 2.81. The Bertz CT molecular complexity index is 314. The van der Waals surface area contributed by atoms with Crippen molar-refractivity contribution in [1.29, 1.82) is 0 Å². The molecule has 4 heteroatoms. The number of hydrogen-bond acceptors (Lipinski definition) is 2. The van der Waals surface area contributed by atoms with Gasteiger partial charge in [0, 0.05) is 17.5 Å². The number of carbonyl (C=O) groups excluding carboxylic acids is 1. The zero-order valence-corrected chi connectivity index (χ0v) is 14.0. The second-order valence-electron chi connectivity index (χ2n) is 7.05. The normalized spacial score (nSPS) is 29.0. The van der Waals surface area contributed by atoms with E-state index in [0.29, 0.717) is 23.9 Å². The van der Waals surface area contributed by atoms with Gasteiger partial charge in [0.25, 0.3) is 0 Å². The SMILES string of the molecule is CC(C)CC1(C(=O)NC2CCCNC2C)CCCC1.Cl. The summed E-state index contributed by atoms with van der Waals surface area (Å²) >= 11 is 0. The Balaban J connectivity index is 0.00000200. The molecule has 0 bridgehead atoms. The third kappa shape index (κ3) is 4.11. The second-order valence-corrected chi connectivity index (χ2v) is 7.05. The second kappa shape index (κ2) is 7.65. The lowest BCUT2D eigenvalue weighted by molar-refractivity contribution is -0.133. The van der Waals surface area contributed by atoms with Crippen LogP contribution in [-0.2, 0) is 4.79 Å². The zero-order valence-electron chi connectivity index (χ0n) is 13.2. The molecule has 0 aromatic carbocycles. The molecule has 1 aliphatic heterocycles. The number of rotatable bonds is 4. The fraction of sp³-hybridized carbons (Fsp3) is 0.938. The number of hydrogen-bond donors (Lipinski definition) is 2. The first-order valence-electron chi connectivity index (χ1n) is 8.08. The summed E-state index contributed by atoms with van der Waals surface area (Å²) in [4.78, 5) is 12.8. The molecule has 0 spiro atoms. The first-order chi connectivity index (χ1) is 9.03. The molecule has 2 N–H and O–H groups in total. The van der Waals surface area contributed by atoms with Gasteiger partial charge in [0.05, 0.1) is 0 Å². The predicted molar refractivity (Wildman–Crippen MR) is 86.2 cm³/mol. The van der Waals surface area contributed by atoms with Gasteiger partial charge in [-0.1, -0.05) is 26.7 Å². The maximum Gasteiger partial charge on any atom is 0.226 e. The number of halogens is 1. The highest BCUT2D eigenvalue weighted by Gasteiger charge is 2.42. The van der Waals surface area contributed by atoms with Crippen LogP contribution in [0.15, 0.2) is 0 Å². The molecule has 1 heterocycles. The molecule has 2 rings (SSSR count). The lowest BCUT2D eigenvalue weighted by Crippen LogP contribution is -2.55. The summed E-state index contributed by atoms with van der Waals surface area (Å²) in [6, 6.07) is 0.737. The smallest absolute Gasteiger partial charge is 0.226 e. The van der Waals surface area contributed by atoms with Crippen LogP contribution in [0.5, 0.6) is 0 Å². The van der Waals surface area contributed by atoms with E-state index in [0.717, 1.165) is 32.2 Å². The summed E-state index contributed by atoms with van der Waals surface area (Å²) in [6.07, 6.45) is 7.96. The maximum absolute atomic E-state index is 12.8. The Morgan fingerprint density at radius 1 is 1.30 bits per heavy atom. The molecule has 2 aliphatic rings. The van der Waals surface area contributed by atoms with Gasteiger partial charge in [0.2, 0.25) is 5.91 Å². The van der Waals surface area contributed by atoms with Gasteiger partial charge in [-0.2, -0.15) is 0 Å². The van der Waals surface area contributed by atoms with Gasteiger partial charge in [0.15, 0.2) is 0 Å². The van der Waals surface area contributed by atoms with Gasteiger partial charge in [-0.3, -0.25) is 4.79 Å². The topological polar surface area (TPSA) is 41.1 Å². The standard InChI is InChI=1S/C16H30N2O.ClH/c1-12(2)11-16(8-4-5-9-16)15(19)18-14-7-6-10-17-13(14)3;/h12-14,17H,4-11H2,1-3H3,(H,18,19);1H. The minimum absolute atomic E-state index is 0. The van der Waals surface area contributed by atoms with Crippen molar-refractivity contribution < 1.29 is 4.79 Å². The van der Waals surface area contributed by atoms with Crippen LogP contribution in [0.2, 0.25) is 0 Å². The minimum atomic E-state index is -0.0642. The Hall–Kier alpha value is -0.280. The minimum Gasteiger partial charge on any atom is -0.351 e. The van der Waals surface area contributed by atoms with Gasteiger partial charge >= 0.3 is 0 Å². The number of carbonyl (C=O) groups is 1. The molecule has 2 unspecified atom stereocenters. The summed E-state index contributed by atoms with van der Waals surface area (Å²) in [5.41, 5.74) is -0.0642. The molecule has 1 saturated carbocycles. The Morgan fingerprint density at radius 3 is 2.50 bits per heavy atom. The summed E-state index contributed by atoms with van der Waals surface area (Å²) in [6.45, 7) is 7.74. The molecule has 3 nitrogen and oxygen atoms in total. The maximum atomic E-state index is 12.8. The Labute approximate surface area is 130 Å². The predicted octanol–water partition coefficient (Wildman–Crippen LogP) is 3.27. The van der Waals surface area contributed by atoms with E-state index in [1.807, 2.05) is 0 Å². The van der Waals surface area contributed by atoms with E-state index in [1.165, 1.54) is 19.3 Å². The van der Waals surface area contributed by atoms with E-state index in [-0.39, 0.29) is 17.8 Å². The van der Waals surface area contributed by atoms with Crippen molar-refractivity contribution in [3.63, 3.8) is 0 Å². The molecule has 1 saturated heterocycles. The van der Waals surface area contributed by atoms with Crippen molar-refractivity contribution >= 4 is 18.3 Å². The summed E-state index contributed by atoms with van der Waals surface area (Å²) < 4.78 is 0. The van der Waals surface area contributed by atoms with E-state index in [1.54, 1.807) is 0 Å². The van der Waals surface area contributed by atoms with E-state index in [2.05, 4.69) is 31.4 Å². The molecule has 20 heavy (non-hydrogen) atoms. The molecule has 2 atom stereocenters. The molecular weight excluding hydrogens is 272 g/mol. The Kier molecular flexibility index (Phi) is 6.80. The van der Waals surface area contributed by atoms with Crippen LogP contribution in [0.4, 0.5) is 0 Å². The molecule has 1 amide bonds. The van der Waals surface area contributed by atoms with Crippen molar-refractivity contribution in [3.05, 3.63) is 0 Å². The van der Waals surface area contributed by atoms with Crippen LogP contribution in [-0.4, -0.2) is 24.5 Å². The van der Waals surface area contributed by atoms with Crippen molar-refractivity contribution in [1.82, 2.24) is 10.6 Å². The van der Waals surface area contributed by atoms with Crippen molar-refractivity contribution in [3.8, 4) is 0 Å². The first kappa shape index (κ1) is 17.8. The van der Waals surface area contributed by atoms with E-state index in [9.17, 15) is 4.79 Å². The van der Waals surface area contributed by atoms with Crippen molar-refractivity contribution in [2.75, 3.05) is 6.54 Å². The highest BCUT2D eigenvalue weighted by molar-refractivity contribution is 5.85. The third-order valence-corrected chi connectivity index (χ3v) is 4.92. The summed E-state index contributed by atoms with van der Waals surface area (Å²) in [7, 11) is 0. The molecule has 1 aliphatic carbocycles. The molecule has 0 radical (unpaired) electrons. The number of nitrogens with one attached hydrogen (secondary N) is 2. The average molecular weight is 303 g/mol. The van der Waals surface area contributed by atoms with E-state index < -0.39 is 0 Å². The molecule has 2 fully saturated rings. The molecule has 0 aromatic rings. The Morgan fingerprint density at radius 2 is 1.95 bits per heavy atom. The molecule has 0 aromatic heterocycles. The monoisotopic (exact) mass is 302 g/mol. The van der Waals surface area contributed by atoms with Crippen LogP contribution in [0, 0.1) is 11.3 Å². The number of amides is 1. The van der Waals surface area contributed by atoms with Crippen LogP contribution in [0.25, 0.3) is 0 Å². The number of piperidine rings is 1. The highest BCUT2D eigenvalue weighted by atomic mass is 35.5. The fourth-order valence-electron chi connectivity index (χ4n) is 3.92. The summed E-state index contributed by atoms with van der Waals surface area (Å²) in [5.74, 6) is 0.935. The largest absolute Gasteiger partial charge is 0.351 e. The van der Waals surface area contributed by atoms with Crippen LogP contribution < -0.4 is 10.6 Å². The highest BCUT2D eigenvalue weighted by Crippen LogP contribution is 2.43. The van der Waals surface area contributed by atoms with E-state index in [4.69, 9.17) is 0 Å². The van der Waals surface area contributed by atoms with Gasteiger partial charge in [-0.05, 0) is 51.5 Å². The van der Waals surface area contributed by atoms with Crippen molar-refractivity contribution in [2.24, 2.45) is 11.3 Å². The first-order valence-corrected chi connectivity index (χ1v) is 8.08. The van der Waals surface area contributed by atoms with Crippen LogP contribution in [0.3, 0.4) is 0 Å². The zero-order chi connectivity index (χ0) is 13.9. The summed E-state index contributed by atoms with van der Waals surface area (Å²) in [5, 5.41) is 6.82. The van der Waals surface area contributed by atoms with Crippen LogP contribution >= 0.6 is 12.4 Å². The molecular formula is C16H31ClN2O. The lowest BCUT2D eigenvalue weighted by Gasteiger charge is -2.36.